The third-order valence-electron chi connectivity index (χ3n) is 10.9. The highest BCUT2D eigenvalue weighted by atomic mass is 15.0. The summed E-state index contributed by atoms with van der Waals surface area (Å²) < 4.78 is 2.45. The highest BCUT2D eigenvalue weighted by molar-refractivity contribution is 6.10. The number of aromatic nitrogens is 4. The molecule has 4 heteroatoms. The lowest BCUT2D eigenvalue weighted by Crippen LogP contribution is -2.33. The van der Waals surface area contributed by atoms with E-state index < -0.39 is 0 Å². The van der Waals surface area contributed by atoms with Crippen molar-refractivity contribution in [1.82, 2.24) is 19.5 Å². The topological polar surface area (TPSA) is 43.6 Å². The maximum atomic E-state index is 4.96. The fourth-order valence-corrected chi connectivity index (χ4v) is 7.89. The van der Waals surface area contributed by atoms with Crippen LogP contribution in [0.5, 0.6) is 0 Å². The molecule has 0 amide bonds. The minimum absolute atomic E-state index is 0.136. The Bertz CT molecular complexity index is 2500. The number of fused-ring (bicyclic) bond motifs is 4. The Labute approximate surface area is 299 Å². The first-order chi connectivity index (χ1) is 24.7. The van der Waals surface area contributed by atoms with Crippen LogP contribution in [0.3, 0.4) is 0 Å². The summed E-state index contributed by atoms with van der Waals surface area (Å²) in [7, 11) is 0. The van der Waals surface area contributed by atoms with E-state index in [0.29, 0.717) is 17.5 Å². The Morgan fingerprint density at radius 3 is 1.55 bits per heavy atom. The van der Waals surface area contributed by atoms with Crippen LogP contribution < -0.4 is 0 Å². The van der Waals surface area contributed by atoms with E-state index in [2.05, 4.69) is 117 Å². The molecular formula is C47H40N4. The van der Waals surface area contributed by atoms with Gasteiger partial charge in [0, 0.05) is 33.2 Å². The number of nitrogens with zero attached hydrogens (tertiary/aromatic N) is 4. The second kappa shape index (κ2) is 11.9. The first-order valence-corrected chi connectivity index (χ1v) is 17.9. The summed E-state index contributed by atoms with van der Waals surface area (Å²) in [6.07, 6.45) is 2.40. The van der Waals surface area contributed by atoms with Crippen LogP contribution in [-0.4, -0.2) is 19.5 Å². The van der Waals surface area contributed by atoms with E-state index in [1.807, 2.05) is 60.7 Å². The molecule has 2 heterocycles. The number of para-hydroxylation sites is 1. The quantitative estimate of drug-likeness (QED) is 0.184. The van der Waals surface area contributed by atoms with Crippen LogP contribution in [0.15, 0.2) is 146 Å². The van der Waals surface area contributed by atoms with Crippen molar-refractivity contribution in [2.75, 3.05) is 0 Å². The molecule has 248 valence electrons. The standard InChI is InChI=1S/C47H40N4/c1-46(2)26-27-47(3,4)40-30-42-38(29-39(40)46)37-20-11-12-21-41(37)51(42)36-24-22-31(23-25-36)34-18-13-19-35(28-34)45-49-43(32-14-7-5-8-15-32)48-44(50-45)33-16-9-6-10-17-33/h5-25,28-30H,26-27H2,1-4H3. The zero-order chi connectivity index (χ0) is 34.7. The summed E-state index contributed by atoms with van der Waals surface area (Å²) in [4.78, 5) is 14.8. The minimum atomic E-state index is 0.136. The molecule has 0 fully saturated rings. The van der Waals surface area contributed by atoms with Crippen LogP contribution in [0.4, 0.5) is 0 Å². The highest BCUT2D eigenvalue weighted by Crippen LogP contribution is 2.48. The maximum absolute atomic E-state index is 4.96. The molecule has 51 heavy (non-hydrogen) atoms. The molecule has 4 nitrogen and oxygen atoms in total. The van der Waals surface area contributed by atoms with Crippen molar-refractivity contribution in [3.05, 3.63) is 157 Å². The van der Waals surface area contributed by atoms with Gasteiger partial charge in [0.25, 0.3) is 0 Å². The normalized spacial score (nSPS) is 14.8. The highest BCUT2D eigenvalue weighted by Gasteiger charge is 2.37. The van der Waals surface area contributed by atoms with Gasteiger partial charge < -0.3 is 4.57 Å². The summed E-state index contributed by atoms with van der Waals surface area (Å²) in [5.74, 6) is 1.98. The Hall–Kier alpha value is -5.87. The molecule has 0 unspecified atom stereocenters. The van der Waals surface area contributed by atoms with Crippen LogP contribution in [0.25, 0.3) is 72.8 Å². The molecule has 0 radical (unpaired) electrons. The molecule has 6 aromatic carbocycles. The summed E-state index contributed by atoms with van der Waals surface area (Å²) >= 11 is 0. The van der Waals surface area contributed by atoms with E-state index in [9.17, 15) is 0 Å². The molecule has 0 saturated carbocycles. The molecule has 0 saturated heterocycles. The smallest absolute Gasteiger partial charge is 0.164 e. The molecule has 1 aliphatic carbocycles. The van der Waals surface area contributed by atoms with Crippen molar-refractivity contribution in [3.8, 4) is 51.0 Å². The van der Waals surface area contributed by atoms with Gasteiger partial charge in [-0.1, -0.05) is 137 Å². The molecule has 0 atom stereocenters. The van der Waals surface area contributed by atoms with Crippen molar-refractivity contribution < 1.29 is 0 Å². The lowest BCUT2D eigenvalue weighted by molar-refractivity contribution is 0.332. The first kappa shape index (κ1) is 31.1. The number of hydrogen-bond donors (Lipinski definition) is 0. The number of benzene rings is 6. The van der Waals surface area contributed by atoms with Crippen molar-refractivity contribution in [2.24, 2.45) is 0 Å². The van der Waals surface area contributed by atoms with E-state index in [1.165, 1.54) is 45.8 Å². The van der Waals surface area contributed by atoms with Gasteiger partial charge in [0.1, 0.15) is 0 Å². The molecule has 9 rings (SSSR count). The second-order valence-corrected chi connectivity index (χ2v) is 15.2. The van der Waals surface area contributed by atoms with Crippen molar-refractivity contribution >= 4 is 21.8 Å². The Morgan fingerprint density at radius 2 is 0.922 bits per heavy atom. The van der Waals surface area contributed by atoms with E-state index in [0.717, 1.165) is 33.5 Å². The van der Waals surface area contributed by atoms with E-state index >= 15 is 0 Å². The summed E-state index contributed by atoms with van der Waals surface area (Å²) in [6, 6.07) is 51.6. The van der Waals surface area contributed by atoms with E-state index in [1.54, 1.807) is 0 Å². The molecule has 0 N–H and O–H groups in total. The minimum Gasteiger partial charge on any atom is -0.309 e. The van der Waals surface area contributed by atoms with Gasteiger partial charge >= 0.3 is 0 Å². The SMILES string of the molecule is CC1(C)CCC(C)(C)c2cc3c(cc21)c1ccccc1n3-c1ccc(-c2cccc(-c3nc(-c4ccccc4)nc(-c4ccccc4)n3)c2)cc1. The lowest BCUT2D eigenvalue weighted by atomic mass is 9.63. The maximum Gasteiger partial charge on any atom is 0.164 e. The average molecular weight is 661 g/mol. The van der Waals surface area contributed by atoms with Crippen molar-refractivity contribution in [3.63, 3.8) is 0 Å². The largest absolute Gasteiger partial charge is 0.309 e. The molecular weight excluding hydrogens is 621 g/mol. The summed E-state index contributed by atoms with van der Waals surface area (Å²) in [5.41, 5.74) is 12.1. The van der Waals surface area contributed by atoms with Crippen LogP contribution in [-0.2, 0) is 10.8 Å². The number of hydrogen-bond acceptors (Lipinski definition) is 3. The van der Waals surface area contributed by atoms with Crippen LogP contribution in [0, 0.1) is 0 Å². The zero-order valence-electron chi connectivity index (χ0n) is 29.6. The van der Waals surface area contributed by atoms with E-state index in [4.69, 9.17) is 15.0 Å². The molecule has 2 aromatic heterocycles. The third-order valence-corrected chi connectivity index (χ3v) is 10.9. The van der Waals surface area contributed by atoms with Crippen molar-refractivity contribution in [2.45, 2.75) is 51.4 Å². The Kier molecular flexibility index (Phi) is 7.25. The van der Waals surface area contributed by atoms with Gasteiger partial charge in [-0.2, -0.15) is 0 Å². The monoisotopic (exact) mass is 660 g/mol. The molecule has 0 bridgehead atoms. The average Bonchev–Trinajstić information content (AvgIpc) is 3.50. The molecule has 0 spiro atoms. The Morgan fingerprint density at radius 1 is 0.412 bits per heavy atom. The third kappa shape index (κ3) is 5.43. The van der Waals surface area contributed by atoms with Crippen LogP contribution in [0.2, 0.25) is 0 Å². The molecule has 8 aromatic rings. The van der Waals surface area contributed by atoms with Gasteiger partial charge in [-0.25, -0.2) is 15.0 Å². The zero-order valence-corrected chi connectivity index (χ0v) is 29.6. The van der Waals surface area contributed by atoms with Crippen LogP contribution in [0.1, 0.15) is 51.7 Å². The number of rotatable bonds is 5. The predicted octanol–water partition coefficient (Wildman–Crippen LogP) is 12.0. The summed E-state index contributed by atoms with van der Waals surface area (Å²) in [5, 5.41) is 2.63. The predicted molar refractivity (Wildman–Crippen MR) is 211 cm³/mol. The fourth-order valence-electron chi connectivity index (χ4n) is 7.89. The van der Waals surface area contributed by atoms with Gasteiger partial charge in [-0.15, -0.1) is 0 Å². The van der Waals surface area contributed by atoms with Gasteiger partial charge in [-0.3, -0.25) is 0 Å². The second-order valence-electron chi connectivity index (χ2n) is 15.2. The molecule has 1 aliphatic rings. The molecule has 0 aliphatic heterocycles. The lowest BCUT2D eigenvalue weighted by Gasteiger charge is -2.42. The van der Waals surface area contributed by atoms with Gasteiger partial charge in [-0.05, 0) is 82.3 Å². The van der Waals surface area contributed by atoms with Gasteiger partial charge in [0.15, 0.2) is 17.5 Å². The summed E-state index contributed by atoms with van der Waals surface area (Å²) in [6.45, 7) is 9.63. The Balaban J connectivity index is 1.13. The van der Waals surface area contributed by atoms with E-state index in [-0.39, 0.29) is 10.8 Å². The van der Waals surface area contributed by atoms with Crippen molar-refractivity contribution in [1.29, 1.82) is 0 Å². The van der Waals surface area contributed by atoms with Crippen LogP contribution >= 0.6 is 0 Å². The first-order valence-electron chi connectivity index (χ1n) is 17.9. The van der Waals surface area contributed by atoms with Gasteiger partial charge in [0.2, 0.25) is 0 Å². The fraction of sp³-hybridized carbons (Fsp3) is 0.170. The van der Waals surface area contributed by atoms with Gasteiger partial charge in [0.05, 0.1) is 11.0 Å².